The van der Waals surface area contributed by atoms with Crippen molar-refractivity contribution in [2.45, 2.75) is 31.8 Å². The Hall–Kier alpha value is -2.48. The summed E-state index contributed by atoms with van der Waals surface area (Å²) in [5.74, 6) is 0.0228. The largest absolute Gasteiger partial charge is 0.504 e. The lowest BCUT2D eigenvalue weighted by Gasteiger charge is -2.14. The van der Waals surface area contributed by atoms with Gasteiger partial charge in [0.15, 0.2) is 11.5 Å². The van der Waals surface area contributed by atoms with Gasteiger partial charge in [-0.1, -0.05) is 0 Å². The van der Waals surface area contributed by atoms with E-state index in [1.807, 2.05) is 0 Å². The van der Waals surface area contributed by atoms with Gasteiger partial charge in [-0.3, -0.25) is 14.9 Å². The van der Waals surface area contributed by atoms with Gasteiger partial charge >= 0.3 is 0 Å². The number of carbonyl (C=O) groups is 1. The number of aromatic hydroxyl groups is 1. The molecule has 0 bridgehead atoms. The molecule has 6 nitrogen and oxygen atoms in total. The lowest BCUT2D eigenvalue weighted by atomic mass is 10.2. The number of halogens is 2. The van der Waals surface area contributed by atoms with Crippen LogP contribution in [-0.2, 0) is 0 Å². The van der Waals surface area contributed by atoms with Crippen LogP contribution in [0.15, 0.2) is 40.9 Å². The van der Waals surface area contributed by atoms with Gasteiger partial charge in [0.1, 0.15) is 12.1 Å². The van der Waals surface area contributed by atoms with Gasteiger partial charge in [0.2, 0.25) is 0 Å². The zero-order valence-electron chi connectivity index (χ0n) is 13.7. The Bertz CT molecular complexity index is 793. The predicted molar refractivity (Wildman–Crippen MR) is 97.1 cm³/mol. The molecule has 0 atom stereocenters. The zero-order chi connectivity index (χ0) is 19.1. The number of nitrogens with zero attached hydrogens (tertiary/aromatic N) is 1. The van der Waals surface area contributed by atoms with Crippen molar-refractivity contribution in [1.82, 2.24) is 0 Å². The summed E-state index contributed by atoms with van der Waals surface area (Å²) in [7, 11) is 0. The summed E-state index contributed by atoms with van der Waals surface area (Å²) in [6, 6.07) is 8.00. The van der Waals surface area contributed by atoms with Crippen LogP contribution in [0.3, 0.4) is 0 Å². The van der Waals surface area contributed by atoms with Crippen molar-refractivity contribution >= 4 is 27.9 Å². The number of rotatable bonds is 4. The van der Waals surface area contributed by atoms with Crippen LogP contribution in [0, 0.1) is 15.9 Å². The molecule has 1 aliphatic carbocycles. The average Bonchev–Trinajstić information content (AvgIpc) is 3.12. The molecule has 0 spiro atoms. The van der Waals surface area contributed by atoms with Gasteiger partial charge in [0.25, 0.3) is 5.69 Å². The first kappa shape index (κ1) is 19.8. The first-order chi connectivity index (χ1) is 12.4. The molecule has 2 aromatic rings. The zero-order valence-corrected chi connectivity index (χ0v) is 15.3. The highest BCUT2D eigenvalue weighted by Gasteiger charge is 2.17. The van der Waals surface area contributed by atoms with Gasteiger partial charge in [0, 0.05) is 17.7 Å². The number of non-ortho nitro benzene ring substituents is 1. The van der Waals surface area contributed by atoms with Crippen molar-refractivity contribution in [1.29, 1.82) is 0 Å². The number of ether oxygens (including phenoxy) is 1. The molecule has 0 radical (unpaired) electrons. The van der Waals surface area contributed by atoms with E-state index < -0.39 is 10.7 Å². The van der Waals surface area contributed by atoms with Crippen molar-refractivity contribution in [3.8, 4) is 11.5 Å². The van der Waals surface area contributed by atoms with Crippen LogP contribution in [0.5, 0.6) is 11.5 Å². The molecule has 0 unspecified atom stereocenters. The third-order valence-electron chi connectivity index (χ3n) is 3.83. The van der Waals surface area contributed by atoms with E-state index in [4.69, 9.17) is 4.74 Å². The Labute approximate surface area is 157 Å². The Morgan fingerprint density at radius 2 is 1.92 bits per heavy atom. The molecule has 26 heavy (non-hydrogen) atoms. The number of carbonyl (C=O) groups excluding carboxylic acids is 1. The second-order valence-corrected chi connectivity index (χ2v) is 6.58. The van der Waals surface area contributed by atoms with E-state index >= 15 is 0 Å². The molecule has 2 aromatic carbocycles. The first-order valence-corrected chi connectivity index (χ1v) is 8.74. The molecule has 3 rings (SSSR count). The number of phenolic OH excluding ortho intramolecular Hbond substituents is 1. The van der Waals surface area contributed by atoms with Crippen LogP contribution >= 0.6 is 15.9 Å². The fourth-order valence-corrected chi connectivity index (χ4v) is 2.86. The van der Waals surface area contributed by atoms with E-state index in [1.165, 1.54) is 18.9 Å². The van der Waals surface area contributed by atoms with Crippen molar-refractivity contribution < 1.29 is 24.0 Å². The van der Waals surface area contributed by atoms with E-state index in [1.54, 1.807) is 12.1 Å². The van der Waals surface area contributed by atoms with Crippen molar-refractivity contribution in [3.05, 3.63) is 62.4 Å². The van der Waals surface area contributed by atoms with Gasteiger partial charge in [-0.05, 0) is 65.9 Å². The molecule has 8 heteroatoms. The highest BCUT2D eigenvalue weighted by Crippen LogP contribution is 2.31. The molecule has 0 heterocycles. The summed E-state index contributed by atoms with van der Waals surface area (Å²) in [6.45, 7) is 0. The molecular formula is C18H17BrFNO5. The quantitative estimate of drug-likeness (QED) is 0.421. The van der Waals surface area contributed by atoms with Gasteiger partial charge in [-0.2, -0.15) is 0 Å². The molecule has 0 amide bonds. The second-order valence-electron chi connectivity index (χ2n) is 5.72. The topological polar surface area (TPSA) is 89.7 Å². The van der Waals surface area contributed by atoms with E-state index in [0.29, 0.717) is 17.6 Å². The molecule has 1 aliphatic rings. The fourth-order valence-electron chi connectivity index (χ4n) is 2.49. The summed E-state index contributed by atoms with van der Waals surface area (Å²) in [5.41, 5.74) is 0.338. The molecule has 1 N–H and O–H groups in total. The van der Waals surface area contributed by atoms with E-state index in [2.05, 4.69) is 15.9 Å². The lowest BCUT2D eigenvalue weighted by molar-refractivity contribution is -0.385. The summed E-state index contributed by atoms with van der Waals surface area (Å²) < 4.78 is 18.2. The van der Waals surface area contributed by atoms with Crippen LogP contribution in [0.25, 0.3) is 0 Å². The summed E-state index contributed by atoms with van der Waals surface area (Å²) >= 11 is 2.83. The lowest BCUT2D eigenvalue weighted by Crippen LogP contribution is -2.10. The Balaban J connectivity index is 0.000000197. The summed E-state index contributed by atoms with van der Waals surface area (Å²) in [4.78, 5) is 20.0. The molecule has 0 aromatic heterocycles. The first-order valence-electron chi connectivity index (χ1n) is 7.95. The Morgan fingerprint density at radius 1 is 1.23 bits per heavy atom. The van der Waals surface area contributed by atoms with Crippen LogP contribution in [0.1, 0.15) is 36.0 Å². The van der Waals surface area contributed by atoms with E-state index in [9.17, 15) is 24.4 Å². The number of nitro groups is 1. The molecular weight excluding hydrogens is 409 g/mol. The number of aldehydes is 1. The van der Waals surface area contributed by atoms with Crippen LogP contribution < -0.4 is 4.74 Å². The monoisotopic (exact) mass is 425 g/mol. The third-order valence-corrected chi connectivity index (χ3v) is 4.44. The normalized spacial score (nSPS) is 13.6. The SMILES string of the molecule is O=Cc1ccc(OC2CCCC2)c(O)c1.O=[N+]([O-])c1ccc(F)c(Br)c1. The van der Waals surface area contributed by atoms with Crippen LogP contribution in [0.4, 0.5) is 10.1 Å². The Morgan fingerprint density at radius 3 is 2.46 bits per heavy atom. The van der Waals surface area contributed by atoms with Gasteiger partial charge in [0.05, 0.1) is 15.5 Å². The minimum Gasteiger partial charge on any atom is -0.504 e. The highest BCUT2D eigenvalue weighted by atomic mass is 79.9. The maximum absolute atomic E-state index is 12.5. The predicted octanol–water partition coefficient (Wildman–Crippen LogP) is 5.02. The minimum absolute atomic E-state index is 0.0477. The number of nitro benzene ring substituents is 1. The van der Waals surface area contributed by atoms with Crippen molar-refractivity contribution in [3.63, 3.8) is 0 Å². The number of hydrogen-bond donors (Lipinski definition) is 1. The van der Waals surface area contributed by atoms with E-state index in [0.717, 1.165) is 31.0 Å². The number of hydrogen-bond acceptors (Lipinski definition) is 5. The number of phenols is 1. The summed E-state index contributed by atoms with van der Waals surface area (Å²) in [6.07, 6.45) is 5.41. The molecule has 1 saturated carbocycles. The minimum atomic E-state index is -0.579. The molecule has 0 saturated heterocycles. The van der Waals surface area contributed by atoms with Crippen LogP contribution in [-0.4, -0.2) is 22.4 Å². The highest BCUT2D eigenvalue weighted by molar-refractivity contribution is 9.10. The third kappa shape index (κ3) is 5.52. The maximum Gasteiger partial charge on any atom is 0.270 e. The van der Waals surface area contributed by atoms with Crippen LogP contribution in [0.2, 0.25) is 0 Å². The van der Waals surface area contributed by atoms with Crippen molar-refractivity contribution in [2.24, 2.45) is 0 Å². The maximum atomic E-state index is 12.5. The molecule has 1 fully saturated rings. The standard InChI is InChI=1S/C12H14O3.C6H3BrFNO2/c13-8-9-5-6-12(11(14)7-9)15-10-3-1-2-4-10;7-5-3-4(9(10)11)1-2-6(5)8/h5-8,10,14H,1-4H2;1-3H. The molecule has 138 valence electrons. The van der Waals surface area contributed by atoms with Gasteiger partial charge < -0.3 is 9.84 Å². The van der Waals surface area contributed by atoms with Gasteiger partial charge in [-0.15, -0.1) is 0 Å². The smallest absolute Gasteiger partial charge is 0.270 e. The van der Waals surface area contributed by atoms with Gasteiger partial charge in [-0.25, -0.2) is 4.39 Å². The molecule has 0 aliphatic heterocycles. The van der Waals surface area contributed by atoms with Crippen molar-refractivity contribution in [2.75, 3.05) is 0 Å². The second kappa shape index (κ2) is 9.28. The fraction of sp³-hybridized carbons (Fsp3) is 0.278. The number of benzene rings is 2. The Kier molecular flexibility index (Phi) is 7.08. The van der Waals surface area contributed by atoms with E-state index in [-0.39, 0.29) is 22.0 Å². The average molecular weight is 426 g/mol. The summed E-state index contributed by atoms with van der Waals surface area (Å²) in [5, 5.41) is 19.7.